The quantitative estimate of drug-likeness (QED) is 0.870. The van der Waals surface area contributed by atoms with Crippen molar-refractivity contribution in [3.8, 4) is 5.69 Å². The van der Waals surface area contributed by atoms with Gasteiger partial charge >= 0.3 is 5.97 Å². The highest BCUT2D eigenvalue weighted by Gasteiger charge is 2.13. The summed E-state index contributed by atoms with van der Waals surface area (Å²) in [5, 5.41) is 16.9. The van der Waals surface area contributed by atoms with Crippen LogP contribution in [0.3, 0.4) is 0 Å². The predicted molar refractivity (Wildman–Crippen MR) is 69.2 cm³/mol. The lowest BCUT2D eigenvalue weighted by Gasteiger charge is -2.08. The molecule has 0 fully saturated rings. The largest absolute Gasteiger partial charge is 0.481 e. The molecule has 1 heterocycles. The number of hydrogen-bond acceptors (Lipinski definition) is 4. The minimum absolute atomic E-state index is 0.119. The molecule has 0 aliphatic carbocycles. The average Bonchev–Trinajstić information content (AvgIpc) is 2.71. The van der Waals surface area contributed by atoms with Crippen LogP contribution in [0.15, 0.2) is 23.4 Å². The van der Waals surface area contributed by atoms with Crippen molar-refractivity contribution in [3.05, 3.63) is 35.4 Å². The molecule has 100 valence electrons. The van der Waals surface area contributed by atoms with Crippen molar-refractivity contribution in [1.82, 2.24) is 14.8 Å². The van der Waals surface area contributed by atoms with Gasteiger partial charge in [-0.05, 0) is 31.5 Å². The van der Waals surface area contributed by atoms with Crippen molar-refractivity contribution < 1.29 is 14.3 Å². The molecule has 0 aliphatic rings. The van der Waals surface area contributed by atoms with Crippen LogP contribution in [-0.2, 0) is 4.79 Å². The number of thioether (sulfide) groups is 1. The molecule has 7 heteroatoms. The molecular weight excluding hydrogens is 269 g/mol. The molecule has 0 spiro atoms. The summed E-state index contributed by atoms with van der Waals surface area (Å²) in [4.78, 5) is 10.6. The zero-order valence-corrected chi connectivity index (χ0v) is 11.2. The second kappa shape index (κ2) is 5.40. The van der Waals surface area contributed by atoms with E-state index in [0.717, 1.165) is 11.8 Å². The van der Waals surface area contributed by atoms with Gasteiger partial charge in [0, 0.05) is 0 Å². The Labute approximate surface area is 113 Å². The summed E-state index contributed by atoms with van der Waals surface area (Å²) in [6.45, 7) is 3.41. The SMILES string of the molecule is Cc1ccc(-n2c(C)nnc2SCC(=O)O)cc1F. The Morgan fingerprint density at radius 1 is 1.42 bits per heavy atom. The van der Waals surface area contributed by atoms with Gasteiger partial charge in [-0.2, -0.15) is 0 Å². The van der Waals surface area contributed by atoms with Crippen molar-refractivity contribution in [1.29, 1.82) is 0 Å². The topological polar surface area (TPSA) is 68.0 Å². The van der Waals surface area contributed by atoms with Crippen LogP contribution in [0.2, 0.25) is 0 Å². The first-order valence-electron chi connectivity index (χ1n) is 5.52. The fourth-order valence-electron chi connectivity index (χ4n) is 1.58. The molecule has 2 rings (SSSR count). The number of benzene rings is 1. The van der Waals surface area contributed by atoms with E-state index in [2.05, 4.69) is 10.2 Å². The van der Waals surface area contributed by atoms with Crippen molar-refractivity contribution in [2.45, 2.75) is 19.0 Å². The van der Waals surface area contributed by atoms with Crippen LogP contribution in [0.4, 0.5) is 4.39 Å². The molecule has 1 aromatic carbocycles. The van der Waals surface area contributed by atoms with Gasteiger partial charge in [-0.25, -0.2) is 4.39 Å². The summed E-state index contributed by atoms with van der Waals surface area (Å²) in [7, 11) is 0. The molecule has 1 aromatic heterocycles. The fraction of sp³-hybridized carbons (Fsp3) is 0.250. The van der Waals surface area contributed by atoms with Crippen molar-refractivity contribution in [2.75, 3.05) is 5.75 Å². The normalized spacial score (nSPS) is 10.7. The Morgan fingerprint density at radius 2 is 2.16 bits per heavy atom. The Hall–Kier alpha value is -1.89. The number of carbonyl (C=O) groups is 1. The number of aromatic nitrogens is 3. The molecule has 0 aliphatic heterocycles. The van der Waals surface area contributed by atoms with Crippen molar-refractivity contribution >= 4 is 17.7 Å². The lowest BCUT2D eigenvalue weighted by atomic mass is 10.2. The monoisotopic (exact) mass is 281 g/mol. The standard InChI is InChI=1S/C12H12FN3O2S/c1-7-3-4-9(5-10(7)13)16-8(2)14-15-12(16)19-6-11(17)18/h3-5H,6H2,1-2H3,(H,17,18). The smallest absolute Gasteiger partial charge is 0.313 e. The molecular formula is C12H12FN3O2S. The summed E-state index contributed by atoms with van der Waals surface area (Å²) in [6, 6.07) is 4.80. The van der Waals surface area contributed by atoms with E-state index in [1.807, 2.05) is 0 Å². The first kappa shape index (κ1) is 13.5. The van der Waals surface area contributed by atoms with Gasteiger partial charge in [0.25, 0.3) is 0 Å². The maximum Gasteiger partial charge on any atom is 0.313 e. The molecule has 0 radical (unpaired) electrons. The number of carboxylic acid groups (broad SMARTS) is 1. The van der Waals surface area contributed by atoms with Crippen LogP contribution in [-0.4, -0.2) is 31.6 Å². The average molecular weight is 281 g/mol. The van der Waals surface area contributed by atoms with E-state index in [1.54, 1.807) is 30.5 Å². The van der Waals surface area contributed by atoms with E-state index < -0.39 is 5.97 Å². The third-order valence-electron chi connectivity index (χ3n) is 2.53. The third-order valence-corrected chi connectivity index (χ3v) is 3.45. The molecule has 5 nitrogen and oxygen atoms in total. The van der Waals surface area contributed by atoms with E-state index in [4.69, 9.17) is 5.11 Å². The van der Waals surface area contributed by atoms with Gasteiger partial charge in [-0.15, -0.1) is 10.2 Å². The van der Waals surface area contributed by atoms with Gasteiger partial charge in [0.1, 0.15) is 11.6 Å². The lowest BCUT2D eigenvalue weighted by molar-refractivity contribution is -0.133. The fourth-order valence-corrected chi connectivity index (χ4v) is 2.30. The zero-order chi connectivity index (χ0) is 14.0. The maximum atomic E-state index is 13.6. The van der Waals surface area contributed by atoms with Crippen LogP contribution in [0, 0.1) is 19.7 Å². The number of halogens is 1. The van der Waals surface area contributed by atoms with Crippen molar-refractivity contribution in [2.24, 2.45) is 0 Å². The predicted octanol–water partition coefficient (Wildman–Crippen LogP) is 2.20. The number of aryl methyl sites for hydroxylation is 2. The second-order valence-electron chi connectivity index (χ2n) is 3.98. The highest BCUT2D eigenvalue weighted by molar-refractivity contribution is 7.99. The summed E-state index contributed by atoms with van der Waals surface area (Å²) in [5.41, 5.74) is 1.13. The van der Waals surface area contributed by atoms with Crippen molar-refractivity contribution in [3.63, 3.8) is 0 Å². The van der Waals surface area contributed by atoms with E-state index in [-0.39, 0.29) is 11.6 Å². The molecule has 0 amide bonds. The molecule has 19 heavy (non-hydrogen) atoms. The lowest BCUT2D eigenvalue weighted by Crippen LogP contribution is -2.03. The minimum Gasteiger partial charge on any atom is -0.481 e. The highest BCUT2D eigenvalue weighted by Crippen LogP contribution is 2.22. The molecule has 0 bridgehead atoms. The molecule has 0 saturated carbocycles. The molecule has 0 atom stereocenters. The van der Waals surface area contributed by atoms with Crippen LogP contribution in [0.25, 0.3) is 5.69 Å². The van der Waals surface area contributed by atoms with E-state index in [1.165, 1.54) is 6.07 Å². The molecule has 0 saturated heterocycles. The Balaban J connectivity index is 2.40. The summed E-state index contributed by atoms with van der Waals surface area (Å²) in [5.74, 6) is -0.796. The summed E-state index contributed by atoms with van der Waals surface area (Å²) >= 11 is 1.05. The number of hydrogen-bond donors (Lipinski definition) is 1. The first-order chi connectivity index (χ1) is 8.99. The van der Waals surface area contributed by atoms with Gasteiger partial charge in [-0.3, -0.25) is 9.36 Å². The molecule has 2 aromatic rings. The van der Waals surface area contributed by atoms with E-state index in [0.29, 0.717) is 22.2 Å². The van der Waals surface area contributed by atoms with E-state index >= 15 is 0 Å². The maximum absolute atomic E-state index is 13.6. The van der Waals surface area contributed by atoms with Crippen LogP contribution >= 0.6 is 11.8 Å². The summed E-state index contributed by atoms with van der Waals surface area (Å²) < 4.78 is 15.2. The number of nitrogens with zero attached hydrogens (tertiary/aromatic N) is 3. The van der Waals surface area contributed by atoms with Crippen LogP contribution in [0.5, 0.6) is 0 Å². The van der Waals surface area contributed by atoms with Gasteiger partial charge in [0.2, 0.25) is 0 Å². The van der Waals surface area contributed by atoms with Crippen LogP contribution < -0.4 is 0 Å². The van der Waals surface area contributed by atoms with E-state index in [9.17, 15) is 9.18 Å². The number of carboxylic acids is 1. The van der Waals surface area contributed by atoms with Gasteiger partial charge in [-0.1, -0.05) is 17.8 Å². The zero-order valence-electron chi connectivity index (χ0n) is 10.4. The van der Waals surface area contributed by atoms with Gasteiger partial charge < -0.3 is 5.11 Å². The van der Waals surface area contributed by atoms with Gasteiger partial charge in [0.15, 0.2) is 5.16 Å². The number of aliphatic carboxylic acids is 1. The highest BCUT2D eigenvalue weighted by atomic mass is 32.2. The molecule has 1 N–H and O–H groups in total. The Kier molecular flexibility index (Phi) is 3.84. The Morgan fingerprint density at radius 3 is 2.79 bits per heavy atom. The number of rotatable bonds is 4. The first-order valence-corrected chi connectivity index (χ1v) is 6.50. The Bertz CT molecular complexity index is 627. The van der Waals surface area contributed by atoms with Gasteiger partial charge in [0.05, 0.1) is 11.4 Å². The second-order valence-corrected chi connectivity index (χ2v) is 4.92. The third kappa shape index (κ3) is 2.93. The molecule has 0 unspecified atom stereocenters. The van der Waals surface area contributed by atoms with Crippen LogP contribution in [0.1, 0.15) is 11.4 Å². The summed E-state index contributed by atoms with van der Waals surface area (Å²) in [6.07, 6.45) is 0. The minimum atomic E-state index is -0.938.